The Morgan fingerprint density at radius 2 is 1.18 bits per heavy atom. The second-order valence-electron chi connectivity index (χ2n) is 6.55. The highest BCUT2D eigenvalue weighted by Crippen LogP contribution is 2.16. The predicted molar refractivity (Wildman–Crippen MR) is 94.2 cm³/mol. The van der Waals surface area contributed by atoms with E-state index in [1.54, 1.807) is 0 Å². The summed E-state index contributed by atoms with van der Waals surface area (Å²) in [5.74, 6) is 0. The molecule has 2 unspecified atom stereocenters. The normalized spacial score (nSPS) is 14.2. The van der Waals surface area contributed by atoms with Gasteiger partial charge in [-0.3, -0.25) is 0 Å². The van der Waals surface area contributed by atoms with Crippen LogP contribution < -0.4 is 0 Å². The minimum absolute atomic E-state index is 0.208. The summed E-state index contributed by atoms with van der Waals surface area (Å²) in [5, 5.41) is 18.3. The molecule has 0 rings (SSSR count). The van der Waals surface area contributed by atoms with E-state index in [-0.39, 0.29) is 19.3 Å². The van der Waals surface area contributed by atoms with E-state index in [1.807, 2.05) is 0 Å². The third kappa shape index (κ3) is 14.8. The van der Waals surface area contributed by atoms with Gasteiger partial charge in [0.2, 0.25) is 0 Å². The molecule has 2 atom stereocenters. The van der Waals surface area contributed by atoms with Crippen LogP contribution in [0, 0.1) is 0 Å². The van der Waals surface area contributed by atoms with Crippen LogP contribution in [-0.4, -0.2) is 35.6 Å². The number of ether oxygens (including phenoxy) is 1. The molecule has 0 saturated carbocycles. The van der Waals surface area contributed by atoms with Crippen molar-refractivity contribution in [1.29, 1.82) is 0 Å². The lowest BCUT2D eigenvalue weighted by molar-refractivity contribution is -0.0350. The first-order chi connectivity index (χ1) is 10.7. The Balaban J connectivity index is 3.75. The molecule has 0 fully saturated rings. The summed E-state index contributed by atoms with van der Waals surface area (Å²) in [6.07, 6.45) is 16.0. The topological polar surface area (TPSA) is 49.7 Å². The minimum Gasteiger partial charge on any atom is -0.394 e. The van der Waals surface area contributed by atoms with E-state index in [2.05, 4.69) is 13.8 Å². The van der Waals surface area contributed by atoms with Crippen molar-refractivity contribution in [2.45, 2.75) is 110 Å². The van der Waals surface area contributed by atoms with Crippen LogP contribution in [0.25, 0.3) is 0 Å². The second kappa shape index (κ2) is 17.2. The molecule has 0 radical (unpaired) electrons. The highest BCUT2D eigenvalue weighted by Gasteiger charge is 2.11. The van der Waals surface area contributed by atoms with E-state index in [1.165, 1.54) is 70.6 Å². The molecular weight excluding hydrogens is 276 g/mol. The second-order valence-corrected chi connectivity index (χ2v) is 6.55. The van der Waals surface area contributed by atoms with Crippen LogP contribution in [0.5, 0.6) is 0 Å². The zero-order valence-electron chi connectivity index (χ0n) is 15.1. The van der Waals surface area contributed by atoms with Crippen molar-refractivity contribution < 1.29 is 14.9 Å². The molecule has 0 aromatic heterocycles. The van der Waals surface area contributed by atoms with Crippen LogP contribution in [0.3, 0.4) is 0 Å². The number of hydrogen-bond donors (Lipinski definition) is 2. The van der Waals surface area contributed by atoms with Gasteiger partial charge < -0.3 is 14.9 Å². The standard InChI is InChI=1S/C19H40O3/c1-3-5-7-9-10-11-13-15-19(14-12-8-6-4-2)22-17-18(21)16-20/h18-21H,3-17H2,1-2H3. The van der Waals surface area contributed by atoms with Gasteiger partial charge in [0.1, 0.15) is 6.10 Å². The van der Waals surface area contributed by atoms with Crippen molar-refractivity contribution in [2.24, 2.45) is 0 Å². The summed E-state index contributed by atoms with van der Waals surface area (Å²) < 4.78 is 5.81. The first-order valence-corrected chi connectivity index (χ1v) is 9.65. The maximum Gasteiger partial charge on any atom is 0.100 e. The van der Waals surface area contributed by atoms with Crippen molar-refractivity contribution in [3.05, 3.63) is 0 Å². The molecule has 0 bridgehead atoms. The molecule has 0 aliphatic heterocycles. The number of hydrogen-bond acceptors (Lipinski definition) is 3. The van der Waals surface area contributed by atoms with E-state index >= 15 is 0 Å². The van der Waals surface area contributed by atoms with Gasteiger partial charge in [0.25, 0.3) is 0 Å². The molecule has 0 aromatic rings. The van der Waals surface area contributed by atoms with Crippen molar-refractivity contribution in [1.82, 2.24) is 0 Å². The van der Waals surface area contributed by atoms with E-state index in [4.69, 9.17) is 9.84 Å². The van der Waals surface area contributed by atoms with Gasteiger partial charge in [0, 0.05) is 0 Å². The average molecular weight is 317 g/mol. The van der Waals surface area contributed by atoms with Crippen LogP contribution in [0.4, 0.5) is 0 Å². The molecule has 2 N–H and O–H groups in total. The molecule has 0 aliphatic carbocycles. The van der Waals surface area contributed by atoms with Gasteiger partial charge in [-0.15, -0.1) is 0 Å². The summed E-state index contributed by atoms with van der Waals surface area (Å²) in [6.45, 7) is 4.54. The minimum atomic E-state index is -0.729. The fourth-order valence-corrected chi connectivity index (χ4v) is 2.74. The number of unbranched alkanes of at least 4 members (excludes halogenated alkanes) is 9. The molecular formula is C19H40O3. The monoisotopic (exact) mass is 316 g/mol. The van der Waals surface area contributed by atoms with Crippen LogP contribution in [0.15, 0.2) is 0 Å². The van der Waals surface area contributed by atoms with Crippen LogP contribution in [0.2, 0.25) is 0 Å². The van der Waals surface area contributed by atoms with E-state index < -0.39 is 6.10 Å². The van der Waals surface area contributed by atoms with Crippen LogP contribution >= 0.6 is 0 Å². The molecule has 134 valence electrons. The molecule has 22 heavy (non-hydrogen) atoms. The smallest absolute Gasteiger partial charge is 0.100 e. The SMILES string of the molecule is CCCCCCCCCC(CCCCCC)OCC(O)CO. The van der Waals surface area contributed by atoms with Gasteiger partial charge in [-0.25, -0.2) is 0 Å². The molecule has 3 heteroatoms. The Morgan fingerprint density at radius 3 is 1.68 bits per heavy atom. The number of rotatable bonds is 17. The highest BCUT2D eigenvalue weighted by atomic mass is 16.5. The lowest BCUT2D eigenvalue weighted by atomic mass is 10.0. The van der Waals surface area contributed by atoms with Gasteiger partial charge in [0.15, 0.2) is 0 Å². The average Bonchev–Trinajstić information content (AvgIpc) is 2.54. The molecule has 0 saturated heterocycles. The third-order valence-corrected chi connectivity index (χ3v) is 4.24. The largest absolute Gasteiger partial charge is 0.394 e. The fraction of sp³-hybridized carbons (Fsp3) is 1.00. The number of aliphatic hydroxyl groups is 2. The molecule has 3 nitrogen and oxygen atoms in total. The molecule has 0 aromatic carbocycles. The molecule has 0 aliphatic rings. The highest BCUT2D eigenvalue weighted by molar-refractivity contribution is 4.62. The van der Waals surface area contributed by atoms with Crippen LogP contribution in [-0.2, 0) is 4.74 Å². The Labute approximate surface area is 138 Å². The molecule has 0 spiro atoms. The third-order valence-electron chi connectivity index (χ3n) is 4.24. The van der Waals surface area contributed by atoms with E-state index in [0.717, 1.165) is 12.8 Å². The van der Waals surface area contributed by atoms with Crippen LogP contribution in [0.1, 0.15) is 97.3 Å². The van der Waals surface area contributed by atoms with Gasteiger partial charge >= 0.3 is 0 Å². The van der Waals surface area contributed by atoms with Gasteiger partial charge in [-0.2, -0.15) is 0 Å². The van der Waals surface area contributed by atoms with Crippen molar-refractivity contribution in [3.63, 3.8) is 0 Å². The fourth-order valence-electron chi connectivity index (χ4n) is 2.74. The van der Waals surface area contributed by atoms with Gasteiger partial charge in [0.05, 0.1) is 19.3 Å². The Kier molecular flexibility index (Phi) is 17.1. The lowest BCUT2D eigenvalue weighted by Gasteiger charge is -2.19. The summed E-state index contributed by atoms with van der Waals surface area (Å²) in [5.41, 5.74) is 0. The zero-order chi connectivity index (χ0) is 16.5. The van der Waals surface area contributed by atoms with E-state index in [9.17, 15) is 5.11 Å². The first-order valence-electron chi connectivity index (χ1n) is 9.65. The molecule has 0 amide bonds. The summed E-state index contributed by atoms with van der Waals surface area (Å²) in [7, 11) is 0. The predicted octanol–water partition coefficient (Wildman–Crippen LogP) is 4.84. The van der Waals surface area contributed by atoms with Gasteiger partial charge in [-0.1, -0.05) is 84.5 Å². The Hall–Kier alpha value is -0.120. The maximum absolute atomic E-state index is 9.43. The summed E-state index contributed by atoms with van der Waals surface area (Å²) in [6, 6.07) is 0. The first kappa shape index (κ1) is 21.9. The maximum atomic E-state index is 9.43. The zero-order valence-corrected chi connectivity index (χ0v) is 15.1. The number of aliphatic hydroxyl groups excluding tert-OH is 2. The summed E-state index contributed by atoms with van der Waals surface area (Å²) >= 11 is 0. The summed E-state index contributed by atoms with van der Waals surface area (Å²) in [4.78, 5) is 0. The van der Waals surface area contributed by atoms with Gasteiger partial charge in [-0.05, 0) is 12.8 Å². The molecule has 0 heterocycles. The quantitative estimate of drug-likeness (QED) is 0.378. The van der Waals surface area contributed by atoms with Crippen molar-refractivity contribution in [2.75, 3.05) is 13.2 Å². The lowest BCUT2D eigenvalue weighted by Crippen LogP contribution is -2.24. The van der Waals surface area contributed by atoms with E-state index in [0.29, 0.717) is 0 Å². The Morgan fingerprint density at radius 1 is 0.727 bits per heavy atom. The van der Waals surface area contributed by atoms with Crippen molar-refractivity contribution in [3.8, 4) is 0 Å². The van der Waals surface area contributed by atoms with Crippen molar-refractivity contribution >= 4 is 0 Å². The Bertz CT molecular complexity index is 209.